The molecule has 1 N–H and O–H groups in total. The van der Waals surface area contributed by atoms with Crippen molar-refractivity contribution < 1.29 is 9.59 Å². The van der Waals surface area contributed by atoms with E-state index < -0.39 is 0 Å². The summed E-state index contributed by atoms with van der Waals surface area (Å²) in [5.74, 6) is -0.152. The van der Waals surface area contributed by atoms with Gasteiger partial charge in [-0.1, -0.05) is 27.4 Å². The molecule has 1 aromatic carbocycles. The van der Waals surface area contributed by atoms with E-state index in [1.54, 1.807) is 24.3 Å². The number of rotatable bonds is 3. The zero-order chi connectivity index (χ0) is 17.5. The Bertz CT molecular complexity index is 677. The van der Waals surface area contributed by atoms with Gasteiger partial charge in [0.15, 0.2) is 0 Å². The lowest BCUT2D eigenvalue weighted by molar-refractivity contribution is -0.111. The summed E-state index contributed by atoms with van der Waals surface area (Å²) in [7, 11) is 0. The number of fused-ring (bicyclic) bond motifs is 2. The first-order valence-corrected chi connectivity index (χ1v) is 8.56. The monoisotopic (exact) mass is 326 g/mol. The lowest BCUT2D eigenvalue weighted by Crippen LogP contribution is -2.37. The van der Waals surface area contributed by atoms with Crippen LogP contribution < -0.4 is 5.32 Å². The lowest BCUT2D eigenvalue weighted by atomic mass is 9.65. The molecule has 2 aliphatic rings. The Hall–Kier alpha value is -2.10. The second kappa shape index (κ2) is 5.76. The molecule has 2 atom stereocenters. The number of amides is 2. The van der Waals surface area contributed by atoms with Crippen LogP contribution >= 0.6 is 0 Å². The van der Waals surface area contributed by atoms with Gasteiger partial charge in [0.1, 0.15) is 0 Å². The first kappa shape index (κ1) is 16.7. The van der Waals surface area contributed by atoms with Crippen LogP contribution in [0.5, 0.6) is 0 Å². The number of carbonyl (C=O) groups is 2. The predicted molar refractivity (Wildman–Crippen MR) is 95.8 cm³/mol. The SMILES string of the molecule is C=CC(=O)Nc1ccc(C(=O)N2CC3(C)CC2CC(C)(C)C3)cc1. The molecule has 4 heteroatoms. The van der Waals surface area contributed by atoms with Gasteiger partial charge in [-0.15, -0.1) is 0 Å². The van der Waals surface area contributed by atoms with E-state index in [1.165, 1.54) is 12.5 Å². The quantitative estimate of drug-likeness (QED) is 0.858. The lowest BCUT2D eigenvalue weighted by Gasteiger charge is -2.39. The van der Waals surface area contributed by atoms with E-state index in [0.717, 1.165) is 19.4 Å². The molecule has 128 valence electrons. The molecule has 0 radical (unpaired) electrons. The van der Waals surface area contributed by atoms with Crippen LogP contribution in [0.1, 0.15) is 50.4 Å². The third-order valence-electron chi connectivity index (χ3n) is 5.26. The minimum atomic E-state index is -0.252. The van der Waals surface area contributed by atoms with E-state index in [9.17, 15) is 9.59 Å². The summed E-state index contributed by atoms with van der Waals surface area (Å²) in [5, 5.41) is 2.70. The maximum atomic E-state index is 13.0. The van der Waals surface area contributed by atoms with Gasteiger partial charge < -0.3 is 10.2 Å². The highest BCUT2D eigenvalue weighted by Gasteiger charge is 2.50. The Balaban J connectivity index is 1.75. The normalized spacial score (nSPS) is 27.6. The van der Waals surface area contributed by atoms with Gasteiger partial charge in [0.05, 0.1) is 0 Å². The predicted octanol–water partition coefficient (Wildman–Crippen LogP) is 3.85. The van der Waals surface area contributed by atoms with Gasteiger partial charge in [0.2, 0.25) is 5.91 Å². The number of likely N-dealkylation sites (tertiary alicyclic amines) is 1. The van der Waals surface area contributed by atoms with Gasteiger partial charge in [-0.3, -0.25) is 9.59 Å². The van der Waals surface area contributed by atoms with Crippen LogP contribution in [0.15, 0.2) is 36.9 Å². The van der Waals surface area contributed by atoms with Crippen molar-refractivity contribution in [1.82, 2.24) is 4.90 Å². The molecule has 2 unspecified atom stereocenters. The van der Waals surface area contributed by atoms with Crippen molar-refractivity contribution in [2.24, 2.45) is 10.8 Å². The number of hydrogen-bond donors (Lipinski definition) is 1. The third-order valence-corrected chi connectivity index (χ3v) is 5.26. The molecule has 1 aliphatic carbocycles. The molecule has 1 aliphatic heterocycles. The standard InChI is InChI=1S/C20H26N2O2/c1-5-17(23)21-15-8-6-14(7-9-15)18(24)22-13-20(4)11-16(22)10-19(2,3)12-20/h5-9,16H,1,10-13H2,2-4H3,(H,21,23). The molecular formula is C20H26N2O2. The molecule has 2 amide bonds. The largest absolute Gasteiger partial charge is 0.335 e. The van der Waals surface area contributed by atoms with Gasteiger partial charge in [-0.2, -0.15) is 0 Å². The summed E-state index contributed by atoms with van der Waals surface area (Å²) in [6, 6.07) is 7.45. The fourth-order valence-electron chi connectivity index (χ4n) is 4.75. The average Bonchev–Trinajstić information content (AvgIpc) is 2.76. The Morgan fingerprint density at radius 3 is 2.50 bits per heavy atom. The maximum absolute atomic E-state index is 13.0. The van der Waals surface area contributed by atoms with Crippen LogP contribution in [0, 0.1) is 10.8 Å². The van der Waals surface area contributed by atoms with Crippen molar-refractivity contribution in [2.45, 2.75) is 46.1 Å². The summed E-state index contributed by atoms with van der Waals surface area (Å²) in [5.41, 5.74) is 1.89. The maximum Gasteiger partial charge on any atom is 0.254 e. The van der Waals surface area contributed by atoms with E-state index in [0.29, 0.717) is 22.7 Å². The van der Waals surface area contributed by atoms with Gasteiger partial charge in [0.25, 0.3) is 5.91 Å². The van der Waals surface area contributed by atoms with Crippen LogP contribution in [0.3, 0.4) is 0 Å². The third kappa shape index (κ3) is 3.23. The van der Waals surface area contributed by atoms with Crippen LogP contribution in [0.25, 0.3) is 0 Å². The Morgan fingerprint density at radius 1 is 1.21 bits per heavy atom. The first-order chi connectivity index (χ1) is 11.2. The molecule has 2 fully saturated rings. The average molecular weight is 326 g/mol. The van der Waals surface area contributed by atoms with Crippen LogP contribution in [0.2, 0.25) is 0 Å². The van der Waals surface area contributed by atoms with Crippen LogP contribution in [0.4, 0.5) is 5.69 Å². The molecule has 3 rings (SSSR count). The minimum absolute atomic E-state index is 0.100. The first-order valence-electron chi connectivity index (χ1n) is 8.56. The number of hydrogen-bond acceptors (Lipinski definition) is 2. The number of anilines is 1. The Kier molecular flexibility index (Phi) is 4.02. The number of nitrogens with one attached hydrogen (secondary N) is 1. The highest BCUT2D eigenvalue weighted by atomic mass is 16.2. The Morgan fingerprint density at radius 2 is 1.88 bits per heavy atom. The van der Waals surface area contributed by atoms with Gasteiger partial charge in [0, 0.05) is 23.8 Å². The summed E-state index contributed by atoms with van der Waals surface area (Å²) in [6.07, 6.45) is 4.58. The second-order valence-corrected chi connectivity index (χ2v) is 8.42. The van der Waals surface area contributed by atoms with Crippen molar-refractivity contribution in [3.63, 3.8) is 0 Å². The van der Waals surface area contributed by atoms with Gasteiger partial charge >= 0.3 is 0 Å². The smallest absolute Gasteiger partial charge is 0.254 e. The highest BCUT2D eigenvalue weighted by Crippen LogP contribution is 2.52. The fourth-order valence-corrected chi connectivity index (χ4v) is 4.75. The molecule has 1 aromatic rings. The summed E-state index contributed by atoms with van der Waals surface area (Å²) >= 11 is 0. The van der Waals surface area contributed by atoms with E-state index in [-0.39, 0.29) is 17.2 Å². The molecule has 2 bridgehead atoms. The zero-order valence-corrected chi connectivity index (χ0v) is 14.8. The van der Waals surface area contributed by atoms with Crippen molar-refractivity contribution in [3.8, 4) is 0 Å². The minimum Gasteiger partial charge on any atom is -0.335 e. The molecule has 4 nitrogen and oxygen atoms in total. The molecule has 0 spiro atoms. The molecular weight excluding hydrogens is 300 g/mol. The van der Waals surface area contributed by atoms with Crippen molar-refractivity contribution in [2.75, 3.05) is 11.9 Å². The molecule has 1 saturated heterocycles. The number of nitrogens with zero attached hydrogens (tertiary/aromatic N) is 1. The number of carbonyl (C=O) groups excluding carboxylic acids is 2. The van der Waals surface area contributed by atoms with E-state index in [1.807, 2.05) is 0 Å². The molecule has 1 saturated carbocycles. The second-order valence-electron chi connectivity index (χ2n) is 8.42. The van der Waals surface area contributed by atoms with Crippen molar-refractivity contribution in [1.29, 1.82) is 0 Å². The summed E-state index contributed by atoms with van der Waals surface area (Å²) in [4.78, 5) is 26.3. The number of benzene rings is 1. The van der Waals surface area contributed by atoms with E-state index in [2.05, 4.69) is 37.6 Å². The highest BCUT2D eigenvalue weighted by molar-refractivity contribution is 5.99. The molecule has 24 heavy (non-hydrogen) atoms. The van der Waals surface area contributed by atoms with Crippen molar-refractivity contribution >= 4 is 17.5 Å². The molecule has 1 heterocycles. The van der Waals surface area contributed by atoms with Crippen LogP contribution in [-0.4, -0.2) is 29.3 Å². The molecule has 0 aromatic heterocycles. The topological polar surface area (TPSA) is 49.4 Å². The van der Waals surface area contributed by atoms with E-state index >= 15 is 0 Å². The van der Waals surface area contributed by atoms with Gasteiger partial charge in [-0.05, 0) is 60.4 Å². The Labute approximate surface area is 143 Å². The van der Waals surface area contributed by atoms with Crippen molar-refractivity contribution in [3.05, 3.63) is 42.5 Å². The van der Waals surface area contributed by atoms with Crippen LogP contribution in [-0.2, 0) is 4.79 Å². The van der Waals surface area contributed by atoms with Gasteiger partial charge in [-0.25, -0.2) is 0 Å². The zero-order valence-electron chi connectivity index (χ0n) is 14.8. The fraction of sp³-hybridized carbons (Fsp3) is 0.500. The van der Waals surface area contributed by atoms with E-state index in [4.69, 9.17) is 0 Å². The summed E-state index contributed by atoms with van der Waals surface area (Å²) in [6.45, 7) is 11.2. The summed E-state index contributed by atoms with van der Waals surface area (Å²) < 4.78 is 0.